The van der Waals surface area contributed by atoms with E-state index >= 15 is 0 Å². The van der Waals surface area contributed by atoms with Crippen molar-refractivity contribution in [3.8, 4) is 11.5 Å². The lowest BCUT2D eigenvalue weighted by atomic mass is 10.1. The Kier molecular flexibility index (Phi) is 6.77. The molecule has 1 aromatic heterocycles. The summed E-state index contributed by atoms with van der Waals surface area (Å²) in [5.74, 6) is 2.18. The van der Waals surface area contributed by atoms with Crippen LogP contribution in [0.5, 0.6) is 11.5 Å². The second-order valence-electron chi connectivity index (χ2n) is 6.61. The van der Waals surface area contributed by atoms with Gasteiger partial charge in [0.1, 0.15) is 18.1 Å². The molecule has 0 saturated carbocycles. The van der Waals surface area contributed by atoms with Crippen molar-refractivity contribution in [1.29, 1.82) is 0 Å². The number of ether oxygens (including phenoxy) is 2. The van der Waals surface area contributed by atoms with E-state index in [0.717, 1.165) is 16.9 Å². The van der Waals surface area contributed by atoms with E-state index in [9.17, 15) is 4.79 Å². The molecule has 0 radical (unpaired) electrons. The lowest BCUT2D eigenvalue weighted by Crippen LogP contribution is -2.15. The van der Waals surface area contributed by atoms with Crippen LogP contribution < -0.4 is 14.8 Å². The summed E-state index contributed by atoms with van der Waals surface area (Å²) in [6.07, 6.45) is 0. The first kappa shape index (κ1) is 20.7. The highest BCUT2D eigenvalue weighted by atomic mass is 32.2. The molecule has 0 fully saturated rings. The summed E-state index contributed by atoms with van der Waals surface area (Å²) in [5.41, 5.74) is 2.94. The van der Waals surface area contributed by atoms with Gasteiger partial charge in [-0.1, -0.05) is 30.0 Å². The van der Waals surface area contributed by atoms with Gasteiger partial charge in [0, 0.05) is 7.05 Å². The number of benzene rings is 2. The fourth-order valence-electron chi connectivity index (χ4n) is 2.82. The van der Waals surface area contributed by atoms with Crippen LogP contribution in [0.1, 0.15) is 17.0 Å². The molecule has 3 aromatic rings. The smallest absolute Gasteiger partial charge is 0.234 e. The summed E-state index contributed by atoms with van der Waals surface area (Å²) < 4.78 is 12.9. The summed E-state index contributed by atoms with van der Waals surface area (Å²) >= 11 is 1.32. The summed E-state index contributed by atoms with van der Waals surface area (Å²) in [4.78, 5) is 12.3. The maximum absolute atomic E-state index is 12.3. The Morgan fingerprint density at radius 2 is 1.86 bits per heavy atom. The molecule has 8 heteroatoms. The molecular formula is C21H24N4O3S. The van der Waals surface area contributed by atoms with Gasteiger partial charge in [-0.05, 0) is 49.2 Å². The van der Waals surface area contributed by atoms with Crippen molar-refractivity contribution in [1.82, 2.24) is 14.8 Å². The van der Waals surface area contributed by atoms with E-state index in [4.69, 9.17) is 9.47 Å². The third kappa shape index (κ3) is 5.51. The number of hydrogen-bond acceptors (Lipinski definition) is 6. The lowest BCUT2D eigenvalue weighted by molar-refractivity contribution is -0.113. The molecule has 0 atom stereocenters. The molecule has 29 heavy (non-hydrogen) atoms. The molecule has 0 aliphatic carbocycles. The summed E-state index contributed by atoms with van der Waals surface area (Å²) in [5, 5.41) is 11.8. The number of methoxy groups -OCH3 is 1. The third-order valence-electron chi connectivity index (χ3n) is 4.20. The predicted octanol–water partition coefficient (Wildman–Crippen LogP) is 3.75. The Morgan fingerprint density at radius 1 is 1.14 bits per heavy atom. The Bertz CT molecular complexity index is 983. The van der Waals surface area contributed by atoms with Gasteiger partial charge in [-0.3, -0.25) is 4.79 Å². The van der Waals surface area contributed by atoms with Crippen LogP contribution in [0.4, 0.5) is 5.69 Å². The highest BCUT2D eigenvalue weighted by molar-refractivity contribution is 7.99. The van der Waals surface area contributed by atoms with Crippen LogP contribution in [-0.4, -0.2) is 33.5 Å². The zero-order chi connectivity index (χ0) is 20.8. The number of thioether (sulfide) groups is 1. The highest BCUT2D eigenvalue weighted by Crippen LogP contribution is 2.24. The predicted molar refractivity (Wildman–Crippen MR) is 114 cm³/mol. The van der Waals surface area contributed by atoms with Crippen molar-refractivity contribution in [2.24, 2.45) is 7.05 Å². The van der Waals surface area contributed by atoms with Crippen LogP contribution in [0.25, 0.3) is 0 Å². The minimum atomic E-state index is -0.143. The maximum atomic E-state index is 12.3. The Morgan fingerprint density at radius 3 is 2.59 bits per heavy atom. The zero-order valence-electron chi connectivity index (χ0n) is 16.9. The molecule has 0 unspecified atom stereocenters. The average molecular weight is 413 g/mol. The molecule has 2 aromatic carbocycles. The number of carbonyl (C=O) groups is 1. The molecule has 3 rings (SSSR count). The van der Waals surface area contributed by atoms with E-state index in [1.807, 2.05) is 49.7 Å². The molecule has 1 N–H and O–H groups in total. The molecule has 0 aliphatic rings. The van der Waals surface area contributed by atoms with Gasteiger partial charge in [0.05, 0.1) is 18.6 Å². The second kappa shape index (κ2) is 9.47. The molecule has 1 heterocycles. The van der Waals surface area contributed by atoms with Crippen molar-refractivity contribution in [3.63, 3.8) is 0 Å². The van der Waals surface area contributed by atoms with Gasteiger partial charge in [-0.2, -0.15) is 0 Å². The molecule has 0 aliphatic heterocycles. The molecule has 0 bridgehead atoms. The molecule has 1 amide bonds. The first-order chi connectivity index (χ1) is 14.0. The largest absolute Gasteiger partial charge is 0.495 e. The summed E-state index contributed by atoms with van der Waals surface area (Å²) in [6.45, 7) is 4.38. The van der Waals surface area contributed by atoms with Gasteiger partial charge in [-0.25, -0.2) is 0 Å². The average Bonchev–Trinajstić information content (AvgIpc) is 3.04. The van der Waals surface area contributed by atoms with Gasteiger partial charge in [0.2, 0.25) is 5.91 Å². The van der Waals surface area contributed by atoms with Crippen LogP contribution in [0.15, 0.2) is 47.6 Å². The van der Waals surface area contributed by atoms with Crippen molar-refractivity contribution in [2.45, 2.75) is 25.6 Å². The van der Waals surface area contributed by atoms with Crippen LogP contribution in [0, 0.1) is 13.8 Å². The molecule has 0 saturated heterocycles. The van der Waals surface area contributed by atoms with Crippen molar-refractivity contribution in [3.05, 3.63) is 59.4 Å². The number of hydrogen-bond donors (Lipinski definition) is 1. The number of nitrogens with zero attached hydrogens (tertiary/aromatic N) is 3. The van der Waals surface area contributed by atoms with Gasteiger partial charge in [0.15, 0.2) is 11.0 Å². The Hall–Kier alpha value is -3.00. The van der Waals surface area contributed by atoms with Crippen LogP contribution in [0.3, 0.4) is 0 Å². The first-order valence-electron chi connectivity index (χ1n) is 9.11. The van der Waals surface area contributed by atoms with E-state index < -0.39 is 0 Å². The fraction of sp³-hybridized carbons (Fsp3) is 0.286. The van der Waals surface area contributed by atoms with Crippen LogP contribution in [-0.2, 0) is 18.4 Å². The Balaban J connectivity index is 1.56. The Labute approximate surface area is 174 Å². The van der Waals surface area contributed by atoms with Crippen molar-refractivity contribution >= 4 is 23.4 Å². The number of carbonyl (C=O) groups excluding carboxylic acids is 1. The van der Waals surface area contributed by atoms with E-state index in [1.165, 1.54) is 11.8 Å². The van der Waals surface area contributed by atoms with Gasteiger partial charge in [0.25, 0.3) is 0 Å². The quantitative estimate of drug-likeness (QED) is 0.568. The highest BCUT2D eigenvalue weighted by Gasteiger charge is 2.13. The zero-order valence-corrected chi connectivity index (χ0v) is 17.7. The maximum Gasteiger partial charge on any atom is 0.234 e. The van der Waals surface area contributed by atoms with Gasteiger partial charge in [-0.15, -0.1) is 10.2 Å². The number of para-hydroxylation sites is 2. The van der Waals surface area contributed by atoms with Gasteiger partial charge < -0.3 is 19.4 Å². The van der Waals surface area contributed by atoms with Gasteiger partial charge >= 0.3 is 0 Å². The number of amides is 1. The number of nitrogens with one attached hydrogen (secondary N) is 1. The minimum absolute atomic E-state index is 0.143. The lowest BCUT2D eigenvalue weighted by Gasteiger charge is -2.10. The number of aryl methyl sites for hydroxylation is 2. The van der Waals surface area contributed by atoms with E-state index in [-0.39, 0.29) is 11.7 Å². The molecular weight excluding hydrogens is 388 g/mol. The molecule has 0 spiro atoms. The van der Waals surface area contributed by atoms with E-state index in [2.05, 4.69) is 21.6 Å². The standard InChI is InChI=1S/C21H24N4O3S/c1-14-9-15(2)11-16(10-14)28-12-19-23-24-21(25(19)3)29-13-20(26)22-17-7-5-6-8-18(17)27-4/h5-11H,12-13H2,1-4H3,(H,22,26). The summed E-state index contributed by atoms with van der Waals surface area (Å²) in [6, 6.07) is 13.4. The first-order valence-corrected chi connectivity index (χ1v) is 10.1. The molecule has 7 nitrogen and oxygen atoms in total. The van der Waals surface area contributed by atoms with Crippen LogP contribution in [0.2, 0.25) is 0 Å². The number of anilines is 1. The molecule has 152 valence electrons. The number of aromatic nitrogens is 3. The monoisotopic (exact) mass is 412 g/mol. The third-order valence-corrected chi connectivity index (χ3v) is 5.22. The SMILES string of the molecule is COc1ccccc1NC(=O)CSc1nnc(COc2cc(C)cc(C)c2)n1C. The topological polar surface area (TPSA) is 78.3 Å². The minimum Gasteiger partial charge on any atom is -0.495 e. The van der Waals surface area contributed by atoms with Crippen molar-refractivity contribution < 1.29 is 14.3 Å². The summed E-state index contributed by atoms with van der Waals surface area (Å²) in [7, 11) is 3.43. The van der Waals surface area contributed by atoms with Crippen LogP contribution >= 0.6 is 11.8 Å². The van der Waals surface area contributed by atoms with Crippen molar-refractivity contribution in [2.75, 3.05) is 18.2 Å². The normalized spacial score (nSPS) is 10.6. The van der Waals surface area contributed by atoms with E-state index in [0.29, 0.717) is 29.0 Å². The second-order valence-corrected chi connectivity index (χ2v) is 7.55. The van der Waals surface area contributed by atoms with E-state index in [1.54, 1.807) is 19.2 Å². The number of rotatable bonds is 8. The fourth-order valence-corrected chi connectivity index (χ4v) is 3.55.